The SMILES string of the molecule is COc1ccccc1CCNC(=O)c1ccc2ncsc2c1. The zero-order valence-electron chi connectivity index (χ0n) is 12.2. The number of fused-ring (bicyclic) bond motifs is 1. The van der Waals surface area contributed by atoms with E-state index >= 15 is 0 Å². The number of carbonyl (C=O) groups is 1. The summed E-state index contributed by atoms with van der Waals surface area (Å²) in [7, 11) is 1.65. The van der Waals surface area contributed by atoms with Crippen molar-refractivity contribution in [3.63, 3.8) is 0 Å². The topological polar surface area (TPSA) is 51.2 Å². The predicted molar refractivity (Wildman–Crippen MR) is 88.7 cm³/mol. The molecule has 0 aliphatic carbocycles. The molecule has 3 aromatic rings. The van der Waals surface area contributed by atoms with Crippen LogP contribution in [0.4, 0.5) is 0 Å². The van der Waals surface area contributed by atoms with E-state index in [9.17, 15) is 4.79 Å². The minimum Gasteiger partial charge on any atom is -0.496 e. The lowest BCUT2D eigenvalue weighted by Crippen LogP contribution is -2.25. The maximum atomic E-state index is 12.2. The van der Waals surface area contributed by atoms with Gasteiger partial charge in [0.1, 0.15) is 5.75 Å². The smallest absolute Gasteiger partial charge is 0.251 e. The number of nitrogens with one attached hydrogen (secondary N) is 1. The van der Waals surface area contributed by atoms with E-state index in [2.05, 4.69) is 10.3 Å². The van der Waals surface area contributed by atoms with Crippen LogP contribution in [0.1, 0.15) is 15.9 Å². The molecule has 3 rings (SSSR count). The Balaban J connectivity index is 1.62. The van der Waals surface area contributed by atoms with E-state index in [0.29, 0.717) is 12.1 Å². The Morgan fingerprint density at radius 2 is 2.14 bits per heavy atom. The number of carbonyl (C=O) groups excluding carboxylic acids is 1. The van der Waals surface area contributed by atoms with Gasteiger partial charge in [-0.1, -0.05) is 18.2 Å². The highest BCUT2D eigenvalue weighted by atomic mass is 32.1. The molecular weight excluding hydrogens is 296 g/mol. The van der Waals surface area contributed by atoms with Crippen molar-refractivity contribution in [2.75, 3.05) is 13.7 Å². The number of hydrogen-bond donors (Lipinski definition) is 1. The average Bonchev–Trinajstić information content (AvgIpc) is 3.02. The molecule has 0 unspecified atom stereocenters. The Kier molecular flexibility index (Phi) is 4.34. The summed E-state index contributed by atoms with van der Waals surface area (Å²) >= 11 is 1.54. The third-order valence-corrected chi connectivity index (χ3v) is 4.26. The van der Waals surface area contributed by atoms with Gasteiger partial charge >= 0.3 is 0 Å². The molecule has 0 saturated carbocycles. The molecule has 1 aromatic heterocycles. The summed E-state index contributed by atoms with van der Waals surface area (Å²) in [5, 5.41) is 2.95. The van der Waals surface area contributed by atoms with Crippen LogP contribution in [0, 0.1) is 0 Å². The largest absolute Gasteiger partial charge is 0.496 e. The number of aromatic nitrogens is 1. The molecule has 0 bridgehead atoms. The van der Waals surface area contributed by atoms with Crippen LogP contribution in [0.2, 0.25) is 0 Å². The second-order valence-electron chi connectivity index (χ2n) is 4.85. The molecule has 5 heteroatoms. The molecule has 0 atom stereocenters. The van der Waals surface area contributed by atoms with Crippen LogP contribution in [0.5, 0.6) is 5.75 Å². The van der Waals surface area contributed by atoms with E-state index < -0.39 is 0 Å². The second-order valence-corrected chi connectivity index (χ2v) is 5.74. The summed E-state index contributed by atoms with van der Waals surface area (Å²) in [4.78, 5) is 16.4. The summed E-state index contributed by atoms with van der Waals surface area (Å²) in [5.74, 6) is 0.785. The Morgan fingerprint density at radius 1 is 1.27 bits per heavy atom. The van der Waals surface area contributed by atoms with E-state index in [1.807, 2.05) is 36.4 Å². The van der Waals surface area contributed by atoms with Gasteiger partial charge in [-0.3, -0.25) is 4.79 Å². The van der Waals surface area contributed by atoms with Crippen LogP contribution >= 0.6 is 11.3 Å². The van der Waals surface area contributed by atoms with Gasteiger partial charge in [-0.05, 0) is 36.2 Å². The molecule has 4 nitrogen and oxygen atoms in total. The zero-order chi connectivity index (χ0) is 15.4. The summed E-state index contributed by atoms with van der Waals surface area (Å²) < 4.78 is 6.33. The number of nitrogens with zero attached hydrogens (tertiary/aromatic N) is 1. The Bertz CT molecular complexity index is 798. The molecule has 112 valence electrons. The fourth-order valence-corrected chi connectivity index (χ4v) is 3.03. The third-order valence-electron chi connectivity index (χ3n) is 3.47. The maximum absolute atomic E-state index is 12.2. The van der Waals surface area contributed by atoms with E-state index in [1.54, 1.807) is 18.7 Å². The molecule has 1 heterocycles. The number of ether oxygens (including phenoxy) is 1. The minimum absolute atomic E-state index is 0.0646. The van der Waals surface area contributed by atoms with Crippen molar-refractivity contribution in [3.8, 4) is 5.75 Å². The van der Waals surface area contributed by atoms with Crippen LogP contribution in [-0.4, -0.2) is 24.5 Å². The number of benzene rings is 2. The van der Waals surface area contributed by atoms with Gasteiger partial charge in [-0.2, -0.15) is 0 Å². The highest BCUT2D eigenvalue weighted by Crippen LogP contribution is 2.19. The first-order valence-electron chi connectivity index (χ1n) is 7.01. The number of methoxy groups -OCH3 is 1. The third kappa shape index (κ3) is 3.09. The van der Waals surface area contributed by atoms with E-state index in [-0.39, 0.29) is 5.91 Å². The number of para-hydroxylation sites is 1. The quantitative estimate of drug-likeness (QED) is 0.786. The van der Waals surface area contributed by atoms with Crippen molar-refractivity contribution >= 4 is 27.5 Å². The average molecular weight is 312 g/mol. The van der Waals surface area contributed by atoms with Gasteiger partial charge in [-0.15, -0.1) is 11.3 Å². The summed E-state index contributed by atoms with van der Waals surface area (Å²) in [6, 6.07) is 13.4. The molecular formula is C17H16N2O2S. The Hall–Kier alpha value is -2.40. The second kappa shape index (κ2) is 6.58. The number of thiazole rings is 1. The normalized spacial score (nSPS) is 10.6. The van der Waals surface area contributed by atoms with Crippen molar-refractivity contribution in [1.82, 2.24) is 10.3 Å². The molecule has 1 N–H and O–H groups in total. The summed E-state index contributed by atoms with van der Waals surface area (Å²) in [6.45, 7) is 0.569. The summed E-state index contributed by atoms with van der Waals surface area (Å²) in [5.41, 5.74) is 4.46. The molecule has 0 radical (unpaired) electrons. The van der Waals surface area contributed by atoms with Gasteiger partial charge in [0.15, 0.2) is 0 Å². The highest BCUT2D eigenvalue weighted by Gasteiger charge is 2.08. The monoisotopic (exact) mass is 312 g/mol. The van der Waals surface area contributed by atoms with Crippen molar-refractivity contribution in [1.29, 1.82) is 0 Å². The Labute approximate surface area is 132 Å². The van der Waals surface area contributed by atoms with E-state index in [1.165, 1.54) is 11.3 Å². The predicted octanol–water partition coefficient (Wildman–Crippen LogP) is 3.28. The van der Waals surface area contributed by atoms with E-state index in [4.69, 9.17) is 4.74 Å². The van der Waals surface area contributed by atoms with Crippen molar-refractivity contribution in [3.05, 3.63) is 59.1 Å². The first kappa shape index (κ1) is 14.5. The standard InChI is InChI=1S/C17H16N2O2S/c1-21-15-5-3-2-4-12(15)8-9-18-17(20)13-6-7-14-16(10-13)22-11-19-14/h2-7,10-11H,8-9H2,1H3,(H,18,20). The first-order valence-corrected chi connectivity index (χ1v) is 7.89. The van der Waals surface area contributed by atoms with Gasteiger partial charge < -0.3 is 10.1 Å². The Morgan fingerprint density at radius 3 is 3.00 bits per heavy atom. The van der Waals surface area contributed by atoms with Gasteiger partial charge in [0.25, 0.3) is 5.91 Å². The first-order chi connectivity index (χ1) is 10.8. The fourth-order valence-electron chi connectivity index (χ4n) is 2.32. The lowest BCUT2D eigenvalue weighted by molar-refractivity contribution is 0.0954. The van der Waals surface area contributed by atoms with Crippen molar-refractivity contribution in [2.24, 2.45) is 0 Å². The van der Waals surface area contributed by atoms with E-state index in [0.717, 1.165) is 28.0 Å². The number of amides is 1. The van der Waals surface area contributed by atoms with Gasteiger partial charge in [0.2, 0.25) is 0 Å². The number of hydrogen-bond acceptors (Lipinski definition) is 4. The lowest BCUT2D eigenvalue weighted by atomic mass is 10.1. The lowest BCUT2D eigenvalue weighted by Gasteiger charge is -2.09. The minimum atomic E-state index is -0.0646. The van der Waals surface area contributed by atoms with Crippen molar-refractivity contribution < 1.29 is 9.53 Å². The molecule has 0 spiro atoms. The zero-order valence-corrected chi connectivity index (χ0v) is 13.0. The van der Waals surface area contributed by atoms with Crippen LogP contribution in [0.3, 0.4) is 0 Å². The van der Waals surface area contributed by atoms with Gasteiger partial charge in [0.05, 0.1) is 22.8 Å². The van der Waals surface area contributed by atoms with Gasteiger partial charge in [-0.25, -0.2) is 4.98 Å². The summed E-state index contributed by atoms with van der Waals surface area (Å²) in [6.07, 6.45) is 0.735. The highest BCUT2D eigenvalue weighted by molar-refractivity contribution is 7.16. The van der Waals surface area contributed by atoms with Crippen LogP contribution in [-0.2, 0) is 6.42 Å². The van der Waals surface area contributed by atoms with Gasteiger partial charge in [0, 0.05) is 12.1 Å². The van der Waals surface area contributed by atoms with Crippen LogP contribution < -0.4 is 10.1 Å². The van der Waals surface area contributed by atoms with Crippen LogP contribution in [0.25, 0.3) is 10.2 Å². The molecule has 1 amide bonds. The molecule has 0 aliphatic rings. The fraction of sp³-hybridized carbons (Fsp3) is 0.176. The molecule has 22 heavy (non-hydrogen) atoms. The molecule has 0 fully saturated rings. The number of rotatable bonds is 5. The van der Waals surface area contributed by atoms with Crippen LogP contribution in [0.15, 0.2) is 48.0 Å². The maximum Gasteiger partial charge on any atom is 0.251 e. The molecule has 2 aromatic carbocycles. The molecule has 0 saturated heterocycles. The molecule has 0 aliphatic heterocycles. The van der Waals surface area contributed by atoms with Crippen molar-refractivity contribution in [2.45, 2.75) is 6.42 Å².